The van der Waals surface area contributed by atoms with Crippen molar-refractivity contribution in [2.75, 3.05) is 13.2 Å². The van der Waals surface area contributed by atoms with Crippen LogP contribution in [-0.2, 0) is 9.53 Å². The summed E-state index contributed by atoms with van der Waals surface area (Å²) in [6.07, 6.45) is -0.00361. The van der Waals surface area contributed by atoms with Crippen molar-refractivity contribution in [1.82, 2.24) is 0 Å². The standard InChI is InChI=1S/C11H12O2.C3H8O3/c1-3-11(12)13-9(2)10-7-5-4-6-8-10;4-1-3(6)2-5/h3-9H,1H2,2H3;3-6H,1-2H2. The third-order valence-corrected chi connectivity index (χ3v) is 2.15. The first kappa shape index (κ1) is 17.3. The number of aliphatic hydroxyl groups is 3. The van der Waals surface area contributed by atoms with Crippen LogP contribution in [0.5, 0.6) is 0 Å². The van der Waals surface area contributed by atoms with Crippen LogP contribution in [0.2, 0.25) is 0 Å². The lowest BCUT2D eigenvalue weighted by atomic mass is 10.1. The van der Waals surface area contributed by atoms with Gasteiger partial charge in [0.1, 0.15) is 12.2 Å². The molecule has 3 N–H and O–H groups in total. The van der Waals surface area contributed by atoms with Gasteiger partial charge in [-0.05, 0) is 12.5 Å². The van der Waals surface area contributed by atoms with Gasteiger partial charge < -0.3 is 20.1 Å². The maximum absolute atomic E-state index is 10.9. The smallest absolute Gasteiger partial charge is 0.330 e. The highest BCUT2D eigenvalue weighted by Gasteiger charge is 2.07. The summed E-state index contributed by atoms with van der Waals surface area (Å²) < 4.78 is 5.03. The zero-order chi connectivity index (χ0) is 14.7. The van der Waals surface area contributed by atoms with Gasteiger partial charge in [-0.1, -0.05) is 36.9 Å². The number of carbonyl (C=O) groups is 1. The lowest BCUT2D eigenvalue weighted by Gasteiger charge is -2.11. The summed E-state index contributed by atoms with van der Waals surface area (Å²) in [5, 5.41) is 24.0. The van der Waals surface area contributed by atoms with Gasteiger partial charge in [-0.3, -0.25) is 0 Å². The van der Waals surface area contributed by atoms with Crippen molar-refractivity contribution >= 4 is 5.97 Å². The summed E-state index contributed by atoms with van der Waals surface area (Å²) in [7, 11) is 0. The van der Waals surface area contributed by atoms with Crippen LogP contribution in [0.1, 0.15) is 18.6 Å². The summed E-state index contributed by atoms with van der Waals surface area (Å²) in [6.45, 7) is 4.43. The molecule has 0 aliphatic heterocycles. The average Bonchev–Trinajstić information content (AvgIpc) is 2.47. The van der Waals surface area contributed by atoms with E-state index in [1.165, 1.54) is 6.08 Å². The van der Waals surface area contributed by atoms with E-state index in [9.17, 15) is 4.79 Å². The molecule has 1 unspecified atom stereocenters. The Hall–Kier alpha value is -1.69. The van der Waals surface area contributed by atoms with E-state index < -0.39 is 12.1 Å². The SMILES string of the molecule is C=CC(=O)OC(C)c1ccccc1.OCC(O)CO. The second-order valence-electron chi connectivity index (χ2n) is 3.71. The van der Waals surface area contributed by atoms with Crippen molar-refractivity contribution in [3.8, 4) is 0 Å². The minimum absolute atomic E-state index is 0.216. The highest BCUT2D eigenvalue weighted by atomic mass is 16.5. The topological polar surface area (TPSA) is 87.0 Å². The molecule has 5 nitrogen and oxygen atoms in total. The zero-order valence-electron chi connectivity index (χ0n) is 10.9. The largest absolute Gasteiger partial charge is 0.455 e. The van der Waals surface area contributed by atoms with Gasteiger partial charge in [-0.25, -0.2) is 4.79 Å². The Bertz CT molecular complexity index is 359. The number of hydrogen-bond acceptors (Lipinski definition) is 5. The Balaban J connectivity index is 0.000000459. The monoisotopic (exact) mass is 268 g/mol. The quantitative estimate of drug-likeness (QED) is 0.543. The molecular weight excluding hydrogens is 248 g/mol. The maximum atomic E-state index is 10.9. The lowest BCUT2D eigenvalue weighted by Crippen LogP contribution is -2.15. The summed E-state index contributed by atoms with van der Waals surface area (Å²) in [5.74, 6) is -0.392. The highest BCUT2D eigenvalue weighted by Crippen LogP contribution is 2.15. The van der Waals surface area contributed by atoms with Crippen LogP contribution in [0.3, 0.4) is 0 Å². The van der Waals surface area contributed by atoms with Crippen molar-refractivity contribution in [1.29, 1.82) is 0 Å². The second-order valence-corrected chi connectivity index (χ2v) is 3.71. The molecule has 0 bridgehead atoms. The molecule has 1 atom stereocenters. The van der Waals surface area contributed by atoms with Gasteiger partial charge in [-0.2, -0.15) is 0 Å². The van der Waals surface area contributed by atoms with Crippen molar-refractivity contribution in [3.63, 3.8) is 0 Å². The third kappa shape index (κ3) is 8.10. The minimum Gasteiger partial charge on any atom is -0.455 e. The van der Waals surface area contributed by atoms with Crippen LogP contribution in [0, 0.1) is 0 Å². The molecule has 0 aliphatic rings. The number of ether oxygens (including phenoxy) is 1. The van der Waals surface area contributed by atoms with Gasteiger partial charge in [0.25, 0.3) is 0 Å². The van der Waals surface area contributed by atoms with E-state index >= 15 is 0 Å². The van der Waals surface area contributed by atoms with Gasteiger partial charge in [0.2, 0.25) is 0 Å². The number of benzene rings is 1. The number of esters is 1. The van der Waals surface area contributed by atoms with Crippen molar-refractivity contribution in [2.45, 2.75) is 19.1 Å². The van der Waals surface area contributed by atoms with Crippen LogP contribution < -0.4 is 0 Å². The van der Waals surface area contributed by atoms with E-state index in [4.69, 9.17) is 20.1 Å². The normalized spacial score (nSPS) is 11.2. The Morgan fingerprint density at radius 3 is 2.21 bits per heavy atom. The van der Waals surface area contributed by atoms with Crippen LogP contribution in [0.4, 0.5) is 0 Å². The van der Waals surface area contributed by atoms with Gasteiger partial charge in [0, 0.05) is 6.08 Å². The number of carbonyl (C=O) groups excluding carboxylic acids is 1. The van der Waals surface area contributed by atoms with Crippen LogP contribution in [0.25, 0.3) is 0 Å². The molecule has 1 aromatic rings. The molecule has 106 valence electrons. The molecule has 0 spiro atoms. The van der Waals surface area contributed by atoms with Gasteiger partial charge in [-0.15, -0.1) is 0 Å². The Labute approximate surface area is 112 Å². The van der Waals surface area contributed by atoms with E-state index in [-0.39, 0.29) is 19.3 Å². The van der Waals surface area contributed by atoms with E-state index in [0.29, 0.717) is 0 Å². The molecule has 5 heteroatoms. The third-order valence-electron chi connectivity index (χ3n) is 2.15. The zero-order valence-corrected chi connectivity index (χ0v) is 10.9. The molecule has 0 radical (unpaired) electrons. The number of rotatable bonds is 5. The van der Waals surface area contributed by atoms with Crippen LogP contribution >= 0.6 is 0 Å². The molecule has 1 aromatic carbocycles. The summed E-state index contributed by atoms with van der Waals surface area (Å²) in [6, 6.07) is 9.58. The minimum atomic E-state index is -0.954. The van der Waals surface area contributed by atoms with E-state index in [1.54, 1.807) is 0 Å². The van der Waals surface area contributed by atoms with Crippen LogP contribution in [0.15, 0.2) is 43.0 Å². The van der Waals surface area contributed by atoms with Gasteiger partial charge in [0.15, 0.2) is 0 Å². The molecule has 0 saturated heterocycles. The summed E-state index contributed by atoms with van der Waals surface area (Å²) >= 11 is 0. The fraction of sp³-hybridized carbons (Fsp3) is 0.357. The summed E-state index contributed by atoms with van der Waals surface area (Å²) in [5.41, 5.74) is 0.984. The maximum Gasteiger partial charge on any atom is 0.330 e. The predicted molar refractivity (Wildman–Crippen MR) is 71.3 cm³/mol. The van der Waals surface area contributed by atoms with Crippen LogP contribution in [-0.4, -0.2) is 40.6 Å². The molecule has 0 heterocycles. The first-order valence-electron chi connectivity index (χ1n) is 5.82. The molecule has 19 heavy (non-hydrogen) atoms. The Morgan fingerprint density at radius 1 is 1.32 bits per heavy atom. The molecule has 1 rings (SSSR count). The van der Waals surface area contributed by atoms with Gasteiger partial charge >= 0.3 is 5.97 Å². The van der Waals surface area contributed by atoms with E-state index in [2.05, 4.69) is 6.58 Å². The number of hydrogen-bond donors (Lipinski definition) is 3. The molecule has 0 aromatic heterocycles. The number of aliphatic hydroxyl groups excluding tert-OH is 3. The highest BCUT2D eigenvalue weighted by molar-refractivity contribution is 5.81. The molecular formula is C14H20O5. The van der Waals surface area contributed by atoms with E-state index in [0.717, 1.165) is 5.56 Å². The van der Waals surface area contributed by atoms with Gasteiger partial charge in [0.05, 0.1) is 13.2 Å². The van der Waals surface area contributed by atoms with Crippen molar-refractivity contribution < 1.29 is 24.9 Å². The first-order chi connectivity index (χ1) is 9.04. The average molecular weight is 268 g/mol. The van der Waals surface area contributed by atoms with Crippen molar-refractivity contribution in [3.05, 3.63) is 48.6 Å². The molecule has 0 saturated carbocycles. The fourth-order valence-electron chi connectivity index (χ4n) is 1.07. The predicted octanol–water partition coefficient (Wildman–Crippen LogP) is 0.809. The summed E-state index contributed by atoms with van der Waals surface area (Å²) in [4.78, 5) is 10.9. The second kappa shape index (κ2) is 10.3. The molecule has 0 aliphatic carbocycles. The Morgan fingerprint density at radius 2 is 1.84 bits per heavy atom. The first-order valence-corrected chi connectivity index (χ1v) is 5.82. The van der Waals surface area contributed by atoms with Crippen molar-refractivity contribution in [2.24, 2.45) is 0 Å². The van der Waals surface area contributed by atoms with E-state index in [1.807, 2.05) is 37.3 Å². The molecule has 0 amide bonds. The lowest BCUT2D eigenvalue weighted by molar-refractivity contribution is -0.142. The fourth-order valence-corrected chi connectivity index (χ4v) is 1.07. The molecule has 0 fully saturated rings. The Kier molecular flexibility index (Phi) is 9.34.